The molecule has 0 spiro atoms. The molecule has 1 saturated heterocycles. The van der Waals surface area contributed by atoms with Crippen molar-refractivity contribution >= 4 is 39.1 Å². The fourth-order valence-electron chi connectivity index (χ4n) is 3.72. The molecule has 1 amide bonds. The second kappa shape index (κ2) is 8.75. The van der Waals surface area contributed by atoms with Crippen molar-refractivity contribution in [3.8, 4) is 11.4 Å². The highest BCUT2D eigenvalue weighted by molar-refractivity contribution is 7.13. The highest BCUT2D eigenvalue weighted by Crippen LogP contribution is 2.28. The van der Waals surface area contributed by atoms with Gasteiger partial charge in [0.25, 0.3) is 0 Å². The first kappa shape index (κ1) is 19.5. The summed E-state index contributed by atoms with van der Waals surface area (Å²) < 4.78 is 0. The lowest BCUT2D eigenvalue weighted by molar-refractivity contribution is -0.117. The third-order valence-corrected chi connectivity index (χ3v) is 5.87. The molecule has 2 aromatic carbocycles. The number of amides is 1. The maximum atomic E-state index is 12.3. The summed E-state index contributed by atoms with van der Waals surface area (Å²) in [5.74, 6) is 1.61. The van der Waals surface area contributed by atoms with Gasteiger partial charge in [0, 0.05) is 37.1 Å². The number of carbonyl (C=O) groups is 1. The van der Waals surface area contributed by atoms with Gasteiger partial charge in [0.2, 0.25) is 11.0 Å². The van der Waals surface area contributed by atoms with E-state index in [0.29, 0.717) is 11.7 Å². The lowest BCUT2D eigenvalue weighted by Gasteiger charge is -2.35. The molecule has 0 radical (unpaired) electrons. The molecule has 0 bridgehead atoms. The van der Waals surface area contributed by atoms with Gasteiger partial charge in [0.05, 0.1) is 12.1 Å². The van der Waals surface area contributed by atoms with Crippen LogP contribution >= 0.6 is 11.3 Å². The first-order chi connectivity index (χ1) is 15.3. The Bertz CT molecular complexity index is 1180. The molecular weight excluding hydrogens is 410 g/mol. The minimum atomic E-state index is -0.0657. The monoisotopic (exact) mass is 431 g/mol. The molecule has 9 heteroatoms. The number of anilines is 2. The standard InChI is InChI=1S/C22H21N7OS/c30-19(25-22-27-23-15-31-22)14-28-10-12-29(13-11-28)21-17-8-4-5-9-18(17)24-20(26-21)16-6-2-1-3-7-16/h1-9,15H,10-14H2,(H,25,27,30). The van der Waals surface area contributed by atoms with Crippen LogP contribution in [0.2, 0.25) is 0 Å². The molecule has 1 fully saturated rings. The number of benzene rings is 2. The number of piperazine rings is 1. The topological polar surface area (TPSA) is 87.1 Å². The van der Waals surface area contributed by atoms with Crippen molar-refractivity contribution in [1.29, 1.82) is 0 Å². The fourth-order valence-corrected chi connectivity index (χ4v) is 4.19. The van der Waals surface area contributed by atoms with Crippen molar-refractivity contribution in [2.24, 2.45) is 0 Å². The molecule has 0 saturated carbocycles. The summed E-state index contributed by atoms with van der Waals surface area (Å²) in [7, 11) is 0. The average molecular weight is 432 g/mol. The number of nitrogens with zero attached hydrogens (tertiary/aromatic N) is 6. The molecule has 1 aliphatic heterocycles. The van der Waals surface area contributed by atoms with Gasteiger partial charge < -0.3 is 4.90 Å². The van der Waals surface area contributed by atoms with E-state index in [9.17, 15) is 4.79 Å². The summed E-state index contributed by atoms with van der Waals surface area (Å²) in [6.07, 6.45) is 0. The first-order valence-electron chi connectivity index (χ1n) is 10.1. The van der Waals surface area contributed by atoms with Crippen LogP contribution in [0.4, 0.5) is 10.9 Å². The van der Waals surface area contributed by atoms with Crippen LogP contribution in [-0.4, -0.2) is 63.7 Å². The Hall–Kier alpha value is -3.43. The van der Waals surface area contributed by atoms with Crippen LogP contribution in [0, 0.1) is 0 Å². The predicted molar refractivity (Wildman–Crippen MR) is 122 cm³/mol. The van der Waals surface area contributed by atoms with E-state index in [1.54, 1.807) is 5.51 Å². The number of aromatic nitrogens is 4. The summed E-state index contributed by atoms with van der Waals surface area (Å²) in [4.78, 5) is 26.4. The van der Waals surface area contributed by atoms with Crippen LogP contribution < -0.4 is 10.2 Å². The Morgan fingerprint density at radius 3 is 2.52 bits per heavy atom. The van der Waals surface area contributed by atoms with Crippen LogP contribution in [0.5, 0.6) is 0 Å². The number of para-hydroxylation sites is 1. The van der Waals surface area contributed by atoms with E-state index in [0.717, 1.165) is 54.3 Å². The Morgan fingerprint density at radius 1 is 0.968 bits per heavy atom. The van der Waals surface area contributed by atoms with Gasteiger partial charge in [0.15, 0.2) is 5.82 Å². The van der Waals surface area contributed by atoms with E-state index in [4.69, 9.17) is 9.97 Å². The van der Waals surface area contributed by atoms with Gasteiger partial charge in [-0.25, -0.2) is 9.97 Å². The van der Waals surface area contributed by atoms with E-state index in [1.165, 1.54) is 11.3 Å². The molecule has 0 aliphatic carbocycles. The van der Waals surface area contributed by atoms with Crippen molar-refractivity contribution in [2.75, 3.05) is 42.9 Å². The van der Waals surface area contributed by atoms with Gasteiger partial charge in [0.1, 0.15) is 11.3 Å². The number of hydrogen-bond acceptors (Lipinski definition) is 8. The normalized spacial score (nSPS) is 14.6. The van der Waals surface area contributed by atoms with E-state index < -0.39 is 0 Å². The number of fused-ring (bicyclic) bond motifs is 1. The van der Waals surface area contributed by atoms with Gasteiger partial charge in [-0.05, 0) is 12.1 Å². The Labute approximate surface area is 183 Å². The zero-order valence-corrected chi connectivity index (χ0v) is 17.6. The second-order valence-electron chi connectivity index (χ2n) is 7.31. The lowest BCUT2D eigenvalue weighted by Crippen LogP contribution is -2.49. The molecule has 1 aliphatic rings. The molecule has 1 N–H and O–H groups in total. The molecular formula is C22H21N7OS. The van der Waals surface area contributed by atoms with E-state index in [-0.39, 0.29) is 5.91 Å². The van der Waals surface area contributed by atoms with Crippen LogP contribution in [-0.2, 0) is 4.79 Å². The van der Waals surface area contributed by atoms with E-state index in [1.807, 2.05) is 48.5 Å². The minimum absolute atomic E-state index is 0.0657. The molecule has 5 rings (SSSR count). The van der Waals surface area contributed by atoms with Crippen molar-refractivity contribution in [3.05, 3.63) is 60.1 Å². The van der Waals surface area contributed by atoms with Crippen molar-refractivity contribution < 1.29 is 4.79 Å². The molecule has 2 aromatic heterocycles. The van der Waals surface area contributed by atoms with Gasteiger partial charge in [-0.1, -0.05) is 53.8 Å². The van der Waals surface area contributed by atoms with Crippen molar-refractivity contribution in [2.45, 2.75) is 0 Å². The zero-order chi connectivity index (χ0) is 21.0. The minimum Gasteiger partial charge on any atom is -0.353 e. The van der Waals surface area contributed by atoms with Crippen molar-refractivity contribution in [1.82, 2.24) is 25.1 Å². The maximum absolute atomic E-state index is 12.3. The third-order valence-electron chi connectivity index (χ3n) is 5.26. The lowest BCUT2D eigenvalue weighted by atomic mass is 10.1. The summed E-state index contributed by atoms with van der Waals surface area (Å²) in [6, 6.07) is 18.2. The Balaban J connectivity index is 1.33. The molecule has 0 unspecified atom stereocenters. The Kier molecular flexibility index (Phi) is 5.51. The molecule has 31 heavy (non-hydrogen) atoms. The maximum Gasteiger partial charge on any atom is 0.240 e. The summed E-state index contributed by atoms with van der Waals surface area (Å²) in [5.41, 5.74) is 3.54. The SMILES string of the molecule is O=C(CN1CCN(c2nc(-c3ccccc3)nc3ccccc23)CC1)Nc1nncs1. The van der Waals surface area contributed by atoms with E-state index >= 15 is 0 Å². The summed E-state index contributed by atoms with van der Waals surface area (Å²) >= 11 is 1.32. The fraction of sp³-hybridized carbons (Fsp3) is 0.227. The van der Waals surface area contributed by atoms with Gasteiger partial charge >= 0.3 is 0 Å². The average Bonchev–Trinajstić information content (AvgIpc) is 3.32. The summed E-state index contributed by atoms with van der Waals surface area (Å²) in [6.45, 7) is 3.49. The van der Waals surface area contributed by atoms with Gasteiger partial charge in [-0.15, -0.1) is 10.2 Å². The number of carbonyl (C=O) groups excluding carboxylic acids is 1. The highest BCUT2D eigenvalue weighted by atomic mass is 32.1. The van der Waals surface area contributed by atoms with Crippen LogP contribution in [0.3, 0.4) is 0 Å². The largest absolute Gasteiger partial charge is 0.353 e. The molecule has 3 heterocycles. The zero-order valence-electron chi connectivity index (χ0n) is 16.8. The third kappa shape index (κ3) is 4.37. The van der Waals surface area contributed by atoms with Crippen LogP contribution in [0.1, 0.15) is 0 Å². The molecule has 4 aromatic rings. The van der Waals surface area contributed by atoms with Crippen LogP contribution in [0.15, 0.2) is 60.1 Å². The second-order valence-corrected chi connectivity index (χ2v) is 8.14. The quantitative estimate of drug-likeness (QED) is 0.520. The molecule has 156 valence electrons. The highest BCUT2D eigenvalue weighted by Gasteiger charge is 2.22. The number of rotatable bonds is 5. The summed E-state index contributed by atoms with van der Waals surface area (Å²) in [5, 5.41) is 12.0. The van der Waals surface area contributed by atoms with Gasteiger partial charge in [-0.2, -0.15) is 0 Å². The predicted octanol–water partition coefficient (Wildman–Crippen LogP) is 2.91. The smallest absolute Gasteiger partial charge is 0.240 e. The molecule has 8 nitrogen and oxygen atoms in total. The van der Waals surface area contributed by atoms with E-state index in [2.05, 4.69) is 31.4 Å². The first-order valence-corrected chi connectivity index (χ1v) is 11.0. The number of hydrogen-bond donors (Lipinski definition) is 1. The van der Waals surface area contributed by atoms with Crippen molar-refractivity contribution in [3.63, 3.8) is 0 Å². The Morgan fingerprint density at radius 2 is 1.74 bits per heavy atom. The van der Waals surface area contributed by atoms with Gasteiger partial charge in [-0.3, -0.25) is 15.0 Å². The number of nitrogens with one attached hydrogen (secondary N) is 1. The molecule has 0 atom stereocenters. The van der Waals surface area contributed by atoms with Crippen LogP contribution in [0.25, 0.3) is 22.3 Å².